The second-order valence-corrected chi connectivity index (χ2v) is 5.74. The Labute approximate surface area is 115 Å². The Hall–Kier alpha value is -1.31. The van der Waals surface area contributed by atoms with Gasteiger partial charge >= 0.3 is 12.1 Å². The Morgan fingerprint density at radius 3 is 2.20 bits per heavy atom. The maximum absolute atomic E-state index is 11.8. The summed E-state index contributed by atoms with van der Waals surface area (Å²) in [7, 11) is 0. The number of carbonyl (C=O) groups excluding carboxylic acids is 1. The zero-order valence-corrected chi connectivity index (χ0v) is 11.7. The van der Waals surface area contributed by atoms with Crippen molar-refractivity contribution in [1.82, 2.24) is 5.32 Å². The van der Waals surface area contributed by atoms with Crippen LogP contribution in [-0.4, -0.2) is 42.4 Å². The molecule has 0 aromatic heterocycles. The molecule has 0 aliphatic rings. The molecule has 0 aliphatic carbocycles. The van der Waals surface area contributed by atoms with Gasteiger partial charge in [0.05, 0.1) is 6.42 Å². The predicted octanol–water partition coefficient (Wildman–Crippen LogP) is 1.96. The molecule has 8 heteroatoms. The van der Waals surface area contributed by atoms with Gasteiger partial charge in [-0.15, -0.1) is 0 Å². The second-order valence-electron chi connectivity index (χ2n) is 5.74. The van der Waals surface area contributed by atoms with E-state index in [2.05, 4.69) is 10.1 Å². The SMILES string of the molecule is CC(C)(C)CC(CC(=O)O)NC(=O)COCC(F)(F)F. The molecule has 0 spiro atoms. The van der Waals surface area contributed by atoms with Gasteiger partial charge in [0.1, 0.15) is 13.2 Å². The summed E-state index contributed by atoms with van der Waals surface area (Å²) >= 11 is 0. The third-order valence-electron chi connectivity index (χ3n) is 2.14. The summed E-state index contributed by atoms with van der Waals surface area (Å²) < 4.78 is 39.7. The van der Waals surface area contributed by atoms with E-state index in [1.807, 2.05) is 20.8 Å². The van der Waals surface area contributed by atoms with E-state index >= 15 is 0 Å². The molecule has 0 aromatic carbocycles. The Morgan fingerprint density at radius 1 is 1.25 bits per heavy atom. The summed E-state index contributed by atoms with van der Waals surface area (Å²) in [4.78, 5) is 22.1. The first kappa shape index (κ1) is 18.7. The average molecular weight is 299 g/mol. The van der Waals surface area contributed by atoms with Gasteiger partial charge in [-0.05, 0) is 11.8 Å². The second kappa shape index (κ2) is 7.47. The highest BCUT2D eigenvalue weighted by Crippen LogP contribution is 2.22. The number of ether oxygens (including phenoxy) is 1. The summed E-state index contributed by atoms with van der Waals surface area (Å²) in [5.74, 6) is -1.85. The number of hydrogen-bond donors (Lipinski definition) is 2. The first-order valence-electron chi connectivity index (χ1n) is 6.05. The number of alkyl halides is 3. The lowest BCUT2D eigenvalue weighted by Crippen LogP contribution is -2.41. The lowest BCUT2D eigenvalue weighted by atomic mass is 9.87. The lowest BCUT2D eigenvalue weighted by molar-refractivity contribution is -0.175. The maximum atomic E-state index is 11.8. The maximum Gasteiger partial charge on any atom is 0.411 e. The summed E-state index contributed by atoms with van der Waals surface area (Å²) in [5, 5.41) is 11.1. The smallest absolute Gasteiger partial charge is 0.411 e. The molecule has 2 N–H and O–H groups in total. The number of carbonyl (C=O) groups is 2. The van der Waals surface area contributed by atoms with Crippen molar-refractivity contribution >= 4 is 11.9 Å². The molecular weight excluding hydrogens is 279 g/mol. The average Bonchev–Trinajstić information content (AvgIpc) is 2.10. The first-order chi connectivity index (χ1) is 8.89. The fourth-order valence-corrected chi connectivity index (χ4v) is 1.65. The largest absolute Gasteiger partial charge is 0.481 e. The van der Waals surface area contributed by atoms with Gasteiger partial charge in [-0.2, -0.15) is 13.2 Å². The topological polar surface area (TPSA) is 75.6 Å². The van der Waals surface area contributed by atoms with Crippen LogP contribution in [0.5, 0.6) is 0 Å². The summed E-state index contributed by atoms with van der Waals surface area (Å²) in [5.41, 5.74) is -0.222. The third-order valence-corrected chi connectivity index (χ3v) is 2.14. The third kappa shape index (κ3) is 11.8. The van der Waals surface area contributed by atoms with Gasteiger partial charge in [0.15, 0.2) is 0 Å². The molecule has 1 amide bonds. The number of rotatable bonds is 7. The van der Waals surface area contributed by atoms with Crippen LogP contribution < -0.4 is 5.32 Å². The van der Waals surface area contributed by atoms with Gasteiger partial charge in [0, 0.05) is 6.04 Å². The van der Waals surface area contributed by atoms with Crippen LogP contribution in [0.3, 0.4) is 0 Å². The van der Waals surface area contributed by atoms with Crippen molar-refractivity contribution < 1.29 is 32.6 Å². The minimum Gasteiger partial charge on any atom is -0.481 e. The van der Waals surface area contributed by atoms with E-state index in [1.165, 1.54) is 0 Å². The van der Waals surface area contributed by atoms with Gasteiger partial charge < -0.3 is 15.2 Å². The van der Waals surface area contributed by atoms with Crippen molar-refractivity contribution in [3.63, 3.8) is 0 Å². The molecule has 0 saturated heterocycles. The van der Waals surface area contributed by atoms with E-state index in [4.69, 9.17) is 5.11 Å². The van der Waals surface area contributed by atoms with Crippen molar-refractivity contribution in [1.29, 1.82) is 0 Å². The van der Waals surface area contributed by atoms with Crippen LogP contribution in [0.4, 0.5) is 13.2 Å². The molecule has 1 atom stereocenters. The molecule has 0 aromatic rings. The van der Waals surface area contributed by atoms with Crippen LogP contribution in [0, 0.1) is 5.41 Å². The van der Waals surface area contributed by atoms with Crippen molar-refractivity contribution in [2.45, 2.75) is 45.8 Å². The highest BCUT2D eigenvalue weighted by atomic mass is 19.4. The molecule has 20 heavy (non-hydrogen) atoms. The van der Waals surface area contributed by atoms with Gasteiger partial charge in [0.2, 0.25) is 5.91 Å². The Bertz CT molecular complexity index is 337. The number of carboxylic acids is 1. The van der Waals surface area contributed by atoms with E-state index in [1.54, 1.807) is 0 Å². The molecule has 0 radical (unpaired) electrons. The number of hydrogen-bond acceptors (Lipinski definition) is 3. The fraction of sp³-hybridized carbons (Fsp3) is 0.833. The number of carboxylic acid groups (broad SMARTS) is 1. The van der Waals surface area contributed by atoms with E-state index < -0.39 is 37.3 Å². The summed E-state index contributed by atoms with van der Waals surface area (Å²) in [6, 6.07) is -0.644. The molecular formula is C12H20F3NO4. The normalized spacial score (nSPS) is 13.9. The molecule has 118 valence electrons. The molecule has 0 saturated carbocycles. The Balaban J connectivity index is 4.28. The highest BCUT2D eigenvalue weighted by Gasteiger charge is 2.28. The molecule has 0 heterocycles. The van der Waals surface area contributed by atoms with Crippen molar-refractivity contribution in [3.05, 3.63) is 0 Å². The standard InChI is InChI=1S/C12H20F3NO4/c1-11(2,3)5-8(4-10(18)19)16-9(17)6-20-7-12(13,14)15/h8H,4-7H2,1-3H3,(H,16,17)(H,18,19). The Kier molecular flexibility index (Phi) is 6.98. The molecule has 0 rings (SSSR count). The van der Waals surface area contributed by atoms with Crippen molar-refractivity contribution in [2.75, 3.05) is 13.2 Å². The number of nitrogens with one attached hydrogen (secondary N) is 1. The molecule has 1 unspecified atom stereocenters. The number of halogens is 3. The van der Waals surface area contributed by atoms with E-state index in [9.17, 15) is 22.8 Å². The van der Waals surface area contributed by atoms with Gasteiger partial charge in [-0.1, -0.05) is 20.8 Å². The van der Waals surface area contributed by atoms with E-state index in [0.29, 0.717) is 6.42 Å². The Morgan fingerprint density at radius 2 is 1.80 bits per heavy atom. The first-order valence-corrected chi connectivity index (χ1v) is 6.05. The van der Waals surface area contributed by atoms with Crippen LogP contribution in [0.25, 0.3) is 0 Å². The van der Waals surface area contributed by atoms with Crippen LogP contribution in [-0.2, 0) is 14.3 Å². The van der Waals surface area contributed by atoms with Crippen molar-refractivity contribution in [2.24, 2.45) is 5.41 Å². The van der Waals surface area contributed by atoms with Crippen LogP contribution in [0.1, 0.15) is 33.6 Å². The van der Waals surface area contributed by atoms with Crippen LogP contribution in [0.2, 0.25) is 0 Å². The monoisotopic (exact) mass is 299 g/mol. The van der Waals surface area contributed by atoms with Crippen LogP contribution >= 0.6 is 0 Å². The van der Waals surface area contributed by atoms with Gasteiger partial charge in [-0.25, -0.2) is 0 Å². The lowest BCUT2D eigenvalue weighted by Gasteiger charge is -2.25. The molecule has 5 nitrogen and oxygen atoms in total. The van der Waals surface area contributed by atoms with Crippen molar-refractivity contribution in [3.8, 4) is 0 Å². The minimum atomic E-state index is -4.49. The number of aliphatic carboxylic acids is 1. The highest BCUT2D eigenvalue weighted by molar-refractivity contribution is 5.78. The van der Waals surface area contributed by atoms with Gasteiger partial charge in [-0.3, -0.25) is 9.59 Å². The number of amides is 1. The predicted molar refractivity (Wildman–Crippen MR) is 65.1 cm³/mol. The van der Waals surface area contributed by atoms with Crippen LogP contribution in [0.15, 0.2) is 0 Å². The fourth-order valence-electron chi connectivity index (χ4n) is 1.65. The van der Waals surface area contributed by atoms with E-state index in [0.717, 1.165) is 0 Å². The zero-order valence-electron chi connectivity index (χ0n) is 11.7. The van der Waals surface area contributed by atoms with Gasteiger partial charge in [0.25, 0.3) is 0 Å². The van der Waals surface area contributed by atoms with E-state index in [-0.39, 0.29) is 11.8 Å². The zero-order chi connectivity index (χ0) is 16.0. The summed E-state index contributed by atoms with van der Waals surface area (Å²) in [6.45, 7) is 3.35. The quantitative estimate of drug-likeness (QED) is 0.753. The summed E-state index contributed by atoms with van der Waals surface area (Å²) in [6.07, 6.45) is -4.39. The molecule has 0 bridgehead atoms. The minimum absolute atomic E-state index is 0.222. The molecule has 0 aliphatic heterocycles. The molecule has 0 fully saturated rings.